The molecule has 0 aliphatic heterocycles. The van der Waals surface area contributed by atoms with Crippen molar-refractivity contribution < 1.29 is 19.4 Å². The zero-order chi connectivity index (χ0) is 16.8. The molecule has 0 saturated heterocycles. The Labute approximate surface area is 147 Å². The highest BCUT2D eigenvalue weighted by molar-refractivity contribution is 9.10. The Morgan fingerprint density at radius 2 is 1.96 bits per heavy atom. The van der Waals surface area contributed by atoms with Crippen molar-refractivity contribution >= 4 is 33.7 Å². The van der Waals surface area contributed by atoms with Gasteiger partial charge in [-0.15, -0.1) is 0 Å². The number of methoxy groups -OCH3 is 1. The van der Waals surface area contributed by atoms with Crippen LogP contribution in [0.3, 0.4) is 0 Å². The van der Waals surface area contributed by atoms with Gasteiger partial charge in [-0.05, 0) is 48.2 Å². The molecule has 0 bridgehead atoms. The number of ether oxygens (including phenoxy) is 2. The van der Waals surface area contributed by atoms with Gasteiger partial charge in [0.25, 0.3) is 0 Å². The van der Waals surface area contributed by atoms with E-state index in [1.165, 1.54) is 7.11 Å². The number of carbonyl (C=O) groups is 1. The number of halogens is 1. The minimum atomic E-state index is -0.449. The molecule has 0 spiro atoms. The standard InChI is InChI=1S/C17H17BrO4S/c1-21-15-8-11(9-19)7-13(10-23-2)16(15)22-17(20)12-3-5-14(18)6-4-12/h3-8,19H,9-10H2,1-2H3. The molecule has 0 saturated carbocycles. The number of hydrogen-bond donors (Lipinski definition) is 1. The number of benzene rings is 2. The summed E-state index contributed by atoms with van der Waals surface area (Å²) < 4.78 is 11.8. The molecule has 0 heterocycles. The second-order valence-corrected chi connectivity index (χ2v) is 6.56. The molecular weight excluding hydrogens is 380 g/mol. The second kappa shape index (κ2) is 8.38. The van der Waals surface area contributed by atoms with Gasteiger partial charge >= 0.3 is 5.97 Å². The minimum Gasteiger partial charge on any atom is -0.493 e. The van der Waals surface area contributed by atoms with Crippen molar-refractivity contribution in [3.05, 3.63) is 57.6 Å². The lowest BCUT2D eigenvalue weighted by Gasteiger charge is -2.15. The predicted molar refractivity (Wildman–Crippen MR) is 95.2 cm³/mol. The van der Waals surface area contributed by atoms with Gasteiger partial charge in [0.2, 0.25) is 0 Å². The maximum Gasteiger partial charge on any atom is 0.343 e. The quantitative estimate of drug-likeness (QED) is 0.589. The Bertz CT molecular complexity index is 686. The molecule has 2 aromatic carbocycles. The summed E-state index contributed by atoms with van der Waals surface area (Å²) in [6.45, 7) is -0.0985. The maximum atomic E-state index is 12.4. The summed E-state index contributed by atoms with van der Waals surface area (Å²) >= 11 is 4.93. The molecule has 0 fully saturated rings. The van der Waals surface area contributed by atoms with E-state index in [1.807, 2.05) is 12.3 Å². The molecular formula is C17H17BrO4S. The molecule has 0 aliphatic carbocycles. The summed E-state index contributed by atoms with van der Waals surface area (Å²) in [6, 6.07) is 10.4. The number of aliphatic hydroxyl groups is 1. The van der Waals surface area contributed by atoms with Gasteiger partial charge in [0.1, 0.15) is 0 Å². The monoisotopic (exact) mass is 396 g/mol. The number of aliphatic hydroxyl groups excluding tert-OH is 1. The first kappa shape index (κ1) is 17.8. The molecule has 0 radical (unpaired) electrons. The van der Waals surface area contributed by atoms with Crippen LogP contribution in [-0.4, -0.2) is 24.4 Å². The van der Waals surface area contributed by atoms with E-state index in [9.17, 15) is 9.90 Å². The Kier molecular flexibility index (Phi) is 6.50. The number of rotatable bonds is 6. The van der Waals surface area contributed by atoms with Crippen LogP contribution in [0, 0.1) is 0 Å². The molecule has 2 rings (SSSR count). The zero-order valence-corrected chi connectivity index (χ0v) is 15.2. The minimum absolute atomic E-state index is 0.0985. The van der Waals surface area contributed by atoms with Crippen molar-refractivity contribution in [2.45, 2.75) is 12.4 Å². The fraction of sp³-hybridized carbons (Fsp3) is 0.235. The number of carbonyl (C=O) groups excluding carboxylic acids is 1. The molecule has 0 aliphatic rings. The van der Waals surface area contributed by atoms with Gasteiger partial charge in [-0.3, -0.25) is 0 Å². The van der Waals surface area contributed by atoms with E-state index in [0.717, 1.165) is 10.0 Å². The van der Waals surface area contributed by atoms with E-state index in [2.05, 4.69) is 15.9 Å². The fourth-order valence-electron chi connectivity index (χ4n) is 2.08. The van der Waals surface area contributed by atoms with Gasteiger partial charge in [0, 0.05) is 15.8 Å². The van der Waals surface area contributed by atoms with Crippen LogP contribution in [0.1, 0.15) is 21.5 Å². The SMILES string of the molecule is COc1cc(CO)cc(CSC)c1OC(=O)c1ccc(Br)cc1. The van der Waals surface area contributed by atoms with Gasteiger partial charge in [-0.2, -0.15) is 11.8 Å². The summed E-state index contributed by atoms with van der Waals surface area (Å²) in [5.74, 6) is 1.03. The summed E-state index contributed by atoms with van der Waals surface area (Å²) in [4.78, 5) is 12.4. The molecule has 0 unspecified atom stereocenters. The van der Waals surface area contributed by atoms with Crippen molar-refractivity contribution in [3.63, 3.8) is 0 Å². The zero-order valence-electron chi connectivity index (χ0n) is 12.8. The normalized spacial score (nSPS) is 10.4. The maximum absolute atomic E-state index is 12.4. The second-order valence-electron chi connectivity index (χ2n) is 4.77. The lowest BCUT2D eigenvalue weighted by Crippen LogP contribution is -2.11. The molecule has 4 nitrogen and oxygen atoms in total. The van der Waals surface area contributed by atoms with E-state index in [4.69, 9.17) is 9.47 Å². The highest BCUT2D eigenvalue weighted by Gasteiger charge is 2.17. The highest BCUT2D eigenvalue weighted by Crippen LogP contribution is 2.35. The molecule has 2 aromatic rings. The molecule has 122 valence electrons. The third kappa shape index (κ3) is 4.50. The Morgan fingerprint density at radius 1 is 1.26 bits per heavy atom. The Balaban J connectivity index is 2.36. The van der Waals surface area contributed by atoms with E-state index in [1.54, 1.807) is 42.1 Å². The number of esters is 1. The lowest BCUT2D eigenvalue weighted by atomic mass is 10.1. The molecule has 23 heavy (non-hydrogen) atoms. The highest BCUT2D eigenvalue weighted by atomic mass is 79.9. The topological polar surface area (TPSA) is 55.8 Å². The smallest absolute Gasteiger partial charge is 0.343 e. The van der Waals surface area contributed by atoms with E-state index in [0.29, 0.717) is 28.4 Å². The van der Waals surface area contributed by atoms with Gasteiger partial charge in [0.15, 0.2) is 11.5 Å². The number of thioether (sulfide) groups is 1. The van der Waals surface area contributed by atoms with E-state index < -0.39 is 5.97 Å². The average Bonchev–Trinajstić information content (AvgIpc) is 2.56. The summed E-state index contributed by atoms with van der Waals surface area (Å²) in [5.41, 5.74) is 1.98. The van der Waals surface area contributed by atoms with Crippen LogP contribution in [0.5, 0.6) is 11.5 Å². The van der Waals surface area contributed by atoms with Gasteiger partial charge < -0.3 is 14.6 Å². The molecule has 0 amide bonds. The first-order chi connectivity index (χ1) is 11.1. The largest absolute Gasteiger partial charge is 0.493 e. The van der Waals surface area contributed by atoms with Crippen molar-refractivity contribution in [2.24, 2.45) is 0 Å². The van der Waals surface area contributed by atoms with Crippen molar-refractivity contribution in [2.75, 3.05) is 13.4 Å². The molecule has 6 heteroatoms. The fourth-order valence-corrected chi connectivity index (χ4v) is 2.87. The lowest BCUT2D eigenvalue weighted by molar-refractivity contribution is 0.0728. The first-order valence-electron chi connectivity index (χ1n) is 6.86. The van der Waals surface area contributed by atoms with Gasteiger partial charge in [-0.25, -0.2) is 4.79 Å². The third-order valence-electron chi connectivity index (χ3n) is 3.17. The Morgan fingerprint density at radius 3 is 2.52 bits per heavy atom. The average molecular weight is 397 g/mol. The van der Waals surface area contributed by atoms with Gasteiger partial charge in [-0.1, -0.05) is 15.9 Å². The van der Waals surface area contributed by atoms with E-state index in [-0.39, 0.29) is 6.61 Å². The van der Waals surface area contributed by atoms with Crippen molar-refractivity contribution in [1.29, 1.82) is 0 Å². The third-order valence-corrected chi connectivity index (χ3v) is 4.30. The summed E-state index contributed by atoms with van der Waals surface area (Å²) in [5, 5.41) is 9.35. The predicted octanol–water partition coefficient (Wildman–Crippen LogP) is 4.03. The Hall–Kier alpha value is -1.50. The number of hydrogen-bond acceptors (Lipinski definition) is 5. The van der Waals surface area contributed by atoms with Crippen LogP contribution in [0.15, 0.2) is 40.9 Å². The molecule has 0 atom stereocenters. The van der Waals surface area contributed by atoms with Crippen LogP contribution >= 0.6 is 27.7 Å². The van der Waals surface area contributed by atoms with Crippen LogP contribution in [-0.2, 0) is 12.4 Å². The van der Waals surface area contributed by atoms with Crippen LogP contribution in [0.4, 0.5) is 0 Å². The molecule has 0 aromatic heterocycles. The van der Waals surface area contributed by atoms with Crippen LogP contribution < -0.4 is 9.47 Å². The summed E-state index contributed by atoms with van der Waals surface area (Å²) in [6.07, 6.45) is 1.96. The van der Waals surface area contributed by atoms with Crippen LogP contribution in [0.25, 0.3) is 0 Å². The first-order valence-corrected chi connectivity index (χ1v) is 9.05. The van der Waals surface area contributed by atoms with Gasteiger partial charge in [0.05, 0.1) is 19.3 Å². The molecule has 1 N–H and O–H groups in total. The van der Waals surface area contributed by atoms with E-state index >= 15 is 0 Å². The van der Waals surface area contributed by atoms with Crippen molar-refractivity contribution in [1.82, 2.24) is 0 Å². The van der Waals surface area contributed by atoms with Crippen LogP contribution in [0.2, 0.25) is 0 Å². The summed E-state index contributed by atoms with van der Waals surface area (Å²) in [7, 11) is 1.51. The van der Waals surface area contributed by atoms with Crippen molar-refractivity contribution in [3.8, 4) is 11.5 Å².